The summed E-state index contributed by atoms with van der Waals surface area (Å²) in [5, 5.41) is 8.88. The zero-order valence-electron chi connectivity index (χ0n) is 14.4. The van der Waals surface area contributed by atoms with Crippen molar-refractivity contribution in [3.05, 3.63) is 69.9 Å². The number of hydrogen-bond donors (Lipinski definition) is 1. The SMILES string of the molecule is COc1ccc(C(=O)c2oc3ccccc3c2NC(=O)c2csnn2)cc1Cl. The van der Waals surface area contributed by atoms with Crippen molar-refractivity contribution in [3.8, 4) is 5.75 Å². The number of nitrogens with zero attached hydrogens (tertiary/aromatic N) is 2. The van der Waals surface area contributed by atoms with Crippen LogP contribution in [0.5, 0.6) is 5.75 Å². The number of nitrogens with one attached hydrogen (secondary N) is 1. The number of carbonyl (C=O) groups is 2. The van der Waals surface area contributed by atoms with E-state index in [0.29, 0.717) is 27.3 Å². The van der Waals surface area contributed by atoms with Gasteiger partial charge in [0.05, 0.1) is 17.8 Å². The molecular formula is C19H12ClN3O4S. The topological polar surface area (TPSA) is 94.3 Å². The van der Waals surface area contributed by atoms with Crippen molar-refractivity contribution in [1.29, 1.82) is 0 Å². The highest BCUT2D eigenvalue weighted by molar-refractivity contribution is 7.03. The maximum absolute atomic E-state index is 13.1. The van der Waals surface area contributed by atoms with Crippen LogP contribution in [0, 0.1) is 0 Å². The fraction of sp³-hybridized carbons (Fsp3) is 0.0526. The molecule has 2 aromatic carbocycles. The molecule has 2 aromatic heterocycles. The molecule has 0 fully saturated rings. The Balaban J connectivity index is 1.79. The van der Waals surface area contributed by atoms with E-state index in [1.807, 2.05) is 0 Å². The number of carbonyl (C=O) groups excluding carboxylic acids is 2. The van der Waals surface area contributed by atoms with Crippen LogP contribution in [0.1, 0.15) is 26.6 Å². The van der Waals surface area contributed by atoms with E-state index in [9.17, 15) is 9.59 Å². The van der Waals surface area contributed by atoms with E-state index in [1.54, 1.807) is 36.4 Å². The molecule has 4 aromatic rings. The number of aromatic nitrogens is 2. The van der Waals surface area contributed by atoms with Gasteiger partial charge in [-0.25, -0.2) is 0 Å². The summed E-state index contributed by atoms with van der Waals surface area (Å²) in [5.74, 6) is -0.457. The summed E-state index contributed by atoms with van der Waals surface area (Å²) in [5.41, 5.74) is 1.19. The number of anilines is 1. The molecule has 0 bridgehead atoms. The molecule has 1 amide bonds. The first-order valence-electron chi connectivity index (χ1n) is 8.06. The van der Waals surface area contributed by atoms with Gasteiger partial charge in [0.1, 0.15) is 11.3 Å². The maximum Gasteiger partial charge on any atom is 0.277 e. The smallest absolute Gasteiger partial charge is 0.277 e. The number of rotatable bonds is 5. The second-order valence-corrected chi connectivity index (χ2v) is 6.74. The van der Waals surface area contributed by atoms with Gasteiger partial charge in [-0.05, 0) is 41.9 Å². The number of hydrogen-bond acceptors (Lipinski definition) is 7. The fourth-order valence-corrected chi connectivity index (χ4v) is 3.40. The summed E-state index contributed by atoms with van der Waals surface area (Å²) in [6.45, 7) is 0. The van der Waals surface area contributed by atoms with E-state index in [2.05, 4.69) is 14.9 Å². The number of para-hydroxylation sites is 1. The van der Waals surface area contributed by atoms with E-state index in [-0.39, 0.29) is 17.1 Å². The Morgan fingerprint density at radius 3 is 2.75 bits per heavy atom. The van der Waals surface area contributed by atoms with Crippen molar-refractivity contribution in [2.24, 2.45) is 0 Å². The fourth-order valence-electron chi connectivity index (χ4n) is 2.71. The van der Waals surface area contributed by atoms with E-state index in [4.69, 9.17) is 20.8 Å². The van der Waals surface area contributed by atoms with Gasteiger partial charge in [-0.2, -0.15) is 0 Å². The summed E-state index contributed by atoms with van der Waals surface area (Å²) in [4.78, 5) is 25.6. The normalized spacial score (nSPS) is 10.8. The Bertz CT molecular complexity index is 1190. The molecule has 0 unspecified atom stereocenters. The van der Waals surface area contributed by atoms with Gasteiger partial charge in [0.2, 0.25) is 5.78 Å². The van der Waals surface area contributed by atoms with Crippen molar-refractivity contribution in [2.45, 2.75) is 0 Å². The quantitative estimate of drug-likeness (QED) is 0.486. The van der Waals surface area contributed by atoms with Gasteiger partial charge in [-0.1, -0.05) is 28.2 Å². The minimum Gasteiger partial charge on any atom is -0.495 e. The predicted molar refractivity (Wildman–Crippen MR) is 106 cm³/mol. The van der Waals surface area contributed by atoms with Crippen LogP contribution < -0.4 is 10.1 Å². The Labute approximate surface area is 168 Å². The highest BCUT2D eigenvalue weighted by Gasteiger charge is 2.25. The highest BCUT2D eigenvalue weighted by atomic mass is 35.5. The van der Waals surface area contributed by atoms with Gasteiger partial charge in [-0.15, -0.1) is 5.10 Å². The standard InChI is InChI=1S/C19H12ClN3O4S/c1-26-15-7-6-10(8-12(15)20)17(24)18-16(11-4-2-3-5-14(11)27-18)21-19(25)13-9-28-23-22-13/h2-9H,1H3,(H,21,25). The number of halogens is 1. The Morgan fingerprint density at radius 2 is 2.04 bits per heavy atom. The molecular weight excluding hydrogens is 402 g/mol. The maximum atomic E-state index is 13.1. The first kappa shape index (κ1) is 18.1. The molecule has 2 heterocycles. The molecule has 0 aliphatic carbocycles. The molecule has 0 radical (unpaired) electrons. The first-order chi connectivity index (χ1) is 13.6. The van der Waals surface area contributed by atoms with E-state index < -0.39 is 11.7 Å². The summed E-state index contributed by atoms with van der Waals surface area (Å²) in [7, 11) is 1.49. The molecule has 28 heavy (non-hydrogen) atoms. The van der Waals surface area contributed by atoms with E-state index >= 15 is 0 Å². The van der Waals surface area contributed by atoms with Gasteiger partial charge >= 0.3 is 0 Å². The second-order valence-electron chi connectivity index (χ2n) is 5.73. The van der Waals surface area contributed by atoms with Crippen LogP contribution in [0.3, 0.4) is 0 Å². The summed E-state index contributed by atoms with van der Waals surface area (Å²) >= 11 is 7.20. The Hall–Kier alpha value is -3.23. The largest absolute Gasteiger partial charge is 0.495 e. The third kappa shape index (κ3) is 3.23. The first-order valence-corrected chi connectivity index (χ1v) is 9.28. The van der Waals surface area contributed by atoms with Gasteiger partial charge in [-0.3, -0.25) is 9.59 Å². The summed E-state index contributed by atoms with van der Waals surface area (Å²) in [6.07, 6.45) is 0. The van der Waals surface area contributed by atoms with Crippen LogP contribution in [0.2, 0.25) is 5.02 Å². The lowest BCUT2D eigenvalue weighted by atomic mass is 10.1. The molecule has 1 N–H and O–H groups in total. The van der Waals surface area contributed by atoms with Crippen LogP contribution >= 0.6 is 23.1 Å². The van der Waals surface area contributed by atoms with Gasteiger partial charge in [0, 0.05) is 16.3 Å². The molecule has 9 heteroatoms. The van der Waals surface area contributed by atoms with Gasteiger partial charge < -0.3 is 14.5 Å². The van der Waals surface area contributed by atoms with Gasteiger partial charge in [0.25, 0.3) is 5.91 Å². The number of ether oxygens (including phenoxy) is 1. The molecule has 0 spiro atoms. The number of benzene rings is 2. The summed E-state index contributed by atoms with van der Waals surface area (Å²) < 4.78 is 14.6. The van der Waals surface area contributed by atoms with Crippen LogP contribution in [0.4, 0.5) is 5.69 Å². The second kappa shape index (κ2) is 7.41. The van der Waals surface area contributed by atoms with Crippen molar-refractivity contribution in [1.82, 2.24) is 9.59 Å². The number of amides is 1. The number of furan rings is 1. The molecule has 7 nitrogen and oxygen atoms in total. The molecule has 0 aliphatic heterocycles. The Morgan fingerprint density at radius 1 is 1.21 bits per heavy atom. The highest BCUT2D eigenvalue weighted by Crippen LogP contribution is 2.34. The monoisotopic (exact) mass is 413 g/mol. The minimum atomic E-state index is -0.484. The number of methoxy groups -OCH3 is 1. The van der Waals surface area contributed by atoms with Gasteiger partial charge in [0.15, 0.2) is 11.5 Å². The van der Waals surface area contributed by atoms with E-state index in [0.717, 1.165) is 11.5 Å². The van der Waals surface area contributed by atoms with Crippen molar-refractivity contribution < 1.29 is 18.7 Å². The van der Waals surface area contributed by atoms with Crippen molar-refractivity contribution >= 4 is 51.5 Å². The van der Waals surface area contributed by atoms with Crippen molar-refractivity contribution in [2.75, 3.05) is 12.4 Å². The third-order valence-electron chi connectivity index (χ3n) is 4.05. The third-order valence-corrected chi connectivity index (χ3v) is 4.85. The molecule has 140 valence electrons. The molecule has 4 rings (SSSR count). The zero-order valence-corrected chi connectivity index (χ0v) is 16.0. The van der Waals surface area contributed by atoms with Crippen LogP contribution in [0.15, 0.2) is 52.3 Å². The average molecular weight is 414 g/mol. The minimum absolute atomic E-state index is 0.000952. The lowest BCUT2D eigenvalue weighted by Crippen LogP contribution is -2.14. The van der Waals surface area contributed by atoms with Crippen LogP contribution in [0.25, 0.3) is 11.0 Å². The van der Waals surface area contributed by atoms with E-state index in [1.165, 1.54) is 18.6 Å². The Kier molecular flexibility index (Phi) is 4.81. The van der Waals surface area contributed by atoms with Crippen LogP contribution in [-0.2, 0) is 0 Å². The lowest BCUT2D eigenvalue weighted by Gasteiger charge is -2.06. The summed E-state index contributed by atoms with van der Waals surface area (Å²) in [6, 6.07) is 11.7. The molecule has 0 saturated heterocycles. The van der Waals surface area contributed by atoms with Crippen LogP contribution in [-0.4, -0.2) is 28.4 Å². The molecule has 0 saturated carbocycles. The van der Waals surface area contributed by atoms with Crippen molar-refractivity contribution in [3.63, 3.8) is 0 Å². The number of ketones is 1. The number of fused-ring (bicyclic) bond motifs is 1. The zero-order chi connectivity index (χ0) is 19.7. The average Bonchev–Trinajstić information content (AvgIpc) is 3.36. The molecule has 0 atom stereocenters. The predicted octanol–water partition coefficient (Wildman–Crippen LogP) is 4.43. The lowest BCUT2D eigenvalue weighted by molar-refractivity contribution is 0.101. The molecule has 0 aliphatic rings.